The number of pyridine rings is 1. The van der Waals surface area contributed by atoms with Gasteiger partial charge in [0.1, 0.15) is 29.4 Å². The van der Waals surface area contributed by atoms with Gasteiger partial charge in [0.2, 0.25) is 17.6 Å². The molecule has 7 heterocycles. The Bertz CT molecular complexity index is 2880. The maximum atomic E-state index is 15.8. The molecule has 2 aromatic heterocycles. The first kappa shape index (κ1) is 42.4. The van der Waals surface area contributed by atoms with E-state index in [2.05, 4.69) is 30.0 Å². The average molecular weight is 912 g/mol. The SMILES string of the molecule is COc1cc(N2CC(N3CCN(c4ccc(-c5cnc6[nH]cc(C(=O)c7c(F)ccc(NS(=O)(=O)N8CC[C@@H](F)C8)c7F)c6c5)cc4)CC3)C2)cc2c1C(=O)N(C1CCC(=O)NC1=O)C2. The first-order chi connectivity index (χ1) is 31.3. The molecule has 10 rings (SSSR count). The summed E-state index contributed by atoms with van der Waals surface area (Å²) in [6, 6.07) is 14.9. The molecule has 4 fully saturated rings. The Kier molecular flexibility index (Phi) is 10.8. The number of imide groups is 1. The van der Waals surface area contributed by atoms with E-state index >= 15 is 8.78 Å². The minimum absolute atomic E-state index is 0.00184. The van der Waals surface area contributed by atoms with Crippen LogP contribution in [0.4, 0.5) is 30.2 Å². The predicted octanol–water partition coefficient (Wildman–Crippen LogP) is 4.22. The van der Waals surface area contributed by atoms with Crippen molar-refractivity contribution >= 4 is 61.8 Å². The van der Waals surface area contributed by atoms with Crippen molar-refractivity contribution in [1.29, 1.82) is 0 Å². The second-order valence-electron chi connectivity index (χ2n) is 17.0. The lowest BCUT2D eigenvalue weighted by Gasteiger charge is -2.49. The Hall–Kier alpha value is -6.51. The Morgan fingerprint density at radius 1 is 0.892 bits per heavy atom. The van der Waals surface area contributed by atoms with Crippen molar-refractivity contribution in [2.24, 2.45) is 0 Å². The Morgan fingerprint density at radius 2 is 1.66 bits per heavy atom. The van der Waals surface area contributed by atoms with Gasteiger partial charge in [0.25, 0.3) is 5.91 Å². The Balaban J connectivity index is 0.768. The molecule has 20 heteroatoms. The number of nitrogens with zero attached hydrogens (tertiary/aromatic N) is 6. The van der Waals surface area contributed by atoms with Gasteiger partial charge in [-0.1, -0.05) is 12.1 Å². The molecule has 338 valence electrons. The monoisotopic (exact) mass is 911 g/mol. The number of benzene rings is 3. The van der Waals surface area contributed by atoms with E-state index in [4.69, 9.17) is 4.74 Å². The number of nitrogens with one attached hydrogen (secondary N) is 3. The van der Waals surface area contributed by atoms with Gasteiger partial charge in [0.05, 0.1) is 23.9 Å². The average Bonchev–Trinajstić information content (AvgIpc) is 4.01. The van der Waals surface area contributed by atoms with Gasteiger partial charge in [0.15, 0.2) is 5.82 Å². The van der Waals surface area contributed by atoms with Crippen molar-refractivity contribution in [3.8, 4) is 16.9 Å². The lowest BCUT2D eigenvalue weighted by molar-refractivity contribution is -0.136. The number of fused-ring (bicyclic) bond motifs is 2. The number of carbonyl (C=O) groups excluding carboxylic acids is 4. The van der Waals surface area contributed by atoms with Gasteiger partial charge in [-0.05, 0) is 60.4 Å². The smallest absolute Gasteiger partial charge is 0.301 e. The van der Waals surface area contributed by atoms with E-state index in [9.17, 15) is 32.0 Å². The minimum atomic E-state index is -4.36. The number of piperidine rings is 1. The van der Waals surface area contributed by atoms with Gasteiger partial charge in [-0.25, -0.2) is 18.2 Å². The number of amides is 3. The van der Waals surface area contributed by atoms with Gasteiger partial charge in [-0.2, -0.15) is 12.7 Å². The summed E-state index contributed by atoms with van der Waals surface area (Å²) >= 11 is 0. The summed E-state index contributed by atoms with van der Waals surface area (Å²) in [5, 5.41) is 2.67. The third-order valence-electron chi connectivity index (χ3n) is 13.2. The van der Waals surface area contributed by atoms with E-state index in [1.807, 2.05) is 41.1 Å². The molecule has 0 aliphatic carbocycles. The molecule has 5 aliphatic rings. The first-order valence-corrected chi connectivity index (χ1v) is 22.8. The summed E-state index contributed by atoms with van der Waals surface area (Å²) in [5.74, 6) is -4.16. The van der Waals surface area contributed by atoms with Gasteiger partial charge in [-0.3, -0.25) is 34.1 Å². The number of carbonyl (C=O) groups is 4. The summed E-state index contributed by atoms with van der Waals surface area (Å²) < 4.78 is 78.8. The van der Waals surface area contributed by atoms with Crippen LogP contribution in [-0.4, -0.2) is 134 Å². The zero-order chi connectivity index (χ0) is 45.3. The van der Waals surface area contributed by atoms with Crippen LogP contribution in [0.2, 0.25) is 0 Å². The van der Waals surface area contributed by atoms with Crippen LogP contribution in [0.25, 0.3) is 22.2 Å². The number of aromatic amines is 1. The highest BCUT2D eigenvalue weighted by Crippen LogP contribution is 2.39. The van der Waals surface area contributed by atoms with Crippen LogP contribution in [0.1, 0.15) is 51.1 Å². The molecule has 0 bridgehead atoms. The molecule has 3 N–H and O–H groups in total. The molecule has 0 spiro atoms. The molecule has 4 saturated heterocycles. The van der Waals surface area contributed by atoms with E-state index in [0.29, 0.717) is 40.4 Å². The fraction of sp³-hybridized carbons (Fsp3) is 0.356. The number of piperazine rings is 1. The summed E-state index contributed by atoms with van der Waals surface area (Å²) in [5.41, 5.74) is 3.40. The second-order valence-corrected chi connectivity index (χ2v) is 18.7. The lowest BCUT2D eigenvalue weighted by Crippen LogP contribution is -2.63. The molecule has 0 radical (unpaired) electrons. The third kappa shape index (κ3) is 7.71. The number of alkyl halides is 1. The third-order valence-corrected chi connectivity index (χ3v) is 14.7. The molecule has 1 unspecified atom stereocenters. The van der Waals surface area contributed by atoms with E-state index in [1.54, 1.807) is 12.3 Å². The summed E-state index contributed by atoms with van der Waals surface area (Å²) in [4.78, 5) is 67.4. The number of ether oxygens (including phenoxy) is 1. The number of H-pyrrole nitrogens is 1. The summed E-state index contributed by atoms with van der Waals surface area (Å²) in [7, 11) is -2.83. The molecule has 5 aliphatic heterocycles. The molecule has 3 aromatic carbocycles. The zero-order valence-electron chi connectivity index (χ0n) is 35.2. The number of ketones is 1. The molecule has 2 atom stereocenters. The van der Waals surface area contributed by atoms with E-state index < -0.39 is 63.5 Å². The van der Waals surface area contributed by atoms with E-state index in [0.717, 1.165) is 78.2 Å². The van der Waals surface area contributed by atoms with Crippen molar-refractivity contribution in [2.75, 3.05) is 74.0 Å². The van der Waals surface area contributed by atoms with Crippen LogP contribution in [0.15, 0.2) is 67.0 Å². The maximum absolute atomic E-state index is 15.8. The van der Waals surface area contributed by atoms with Crippen LogP contribution in [0.3, 0.4) is 0 Å². The van der Waals surface area contributed by atoms with Crippen molar-refractivity contribution in [3.63, 3.8) is 0 Å². The van der Waals surface area contributed by atoms with Crippen molar-refractivity contribution < 1.29 is 45.5 Å². The number of rotatable bonds is 11. The molecule has 5 aromatic rings. The van der Waals surface area contributed by atoms with Gasteiger partial charge in [-0.15, -0.1) is 0 Å². The van der Waals surface area contributed by atoms with Crippen LogP contribution < -0.4 is 24.6 Å². The Labute approximate surface area is 371 Å². The Morgan fingerprint density at radius 3 is 2.37 bits per heavy atom. The predicted molar refractivity (Wildman–Crippen MR) is 234 cm³/mol. The topological polar surface area (TPSA) is 181 Å². The fourth-order valence-corrected chi connectivity index (χ4v) is 10.8. The van der Waals surface area contributed by atoms with Crippen LogP contribution in [0, 0.1) is 11.6 Å². The number of aromatic nitrogens is 2. The zero-order valence-corrected chi connectivity index (χ0v) is 36.0. The minimum Gasteiger partial charge on any atom is -0.496 e. The highest BCUT2D eigenvalue weighted by atomic mass is 32.2. The molecule has 3 amide bonds. The fourth-order valence-electron chi connectivity index (χ4n) is 9.54. The van der Waals surface area contributed by atoms with Gasteiger partial charge in [0, 0.05) is 118 Å². The number of hydrogen-bond donors (Lipinski definition) is 3. The van der Waals surface area contributed by atoms with Crippen LogP contribution >= 0.6 is 0 Å². The van der Waals surface area contributed by atoms with Gasteiger partial charge >= 0.3 is 10.2 Å². The molecule has 0 saturated carbocycles. The van der Waals surface area contributed by atoms with Crippen molar-refractivity contribution in [2.45, 2.75) is 44.1 Å². The van der Waals surface area contributed by atoms with Crippen molar-refractivity contribution in [3.05, 3.63) is 101 Å². The molecular weight excluding hydrogens is 868 g/mol. The van der Waals surface area contributed by atoms with Crippen molar-refractivity contribution in [1.82, 2.24) is 29.4 Å². The summed E-state index contributed by atoms with van der Waals surface area (Å²) in [6.45, 7) is 4.76. The lowest BCUT2D eigenvalue weighted by atomic mass is 9.99. The number of hydrogen-bond acceptors (Lipinski definition) is 11. The molecule has 65 heavy (non-hydrogen) atoms. The molecule has 16 nitrogen and oxygen atoms in total. The standard InChI is InChI=1S/C45H44F3N9O7S/c1-64-37-18-30(16-27-21-57(45(61)39(27)37)36-8-9-38(58)51-44(36)60)55-23-31(24-55)54-14-12-53(13-15-54)29-4-2-25(3-5-29)26-17-32-33(20-50-43(32)49-19-26)42(59)40-34(47)6-7-35(41(40)48)52-65(62,63)56-11-10-28(46)22-56/h2-7,16-20,28,31,36,52H,8-15,21-24H2,1H3,(H,49,50)(H,51,58,60)/t28-,36?/m1/s1. The second kappa shape index (κ2) is 16.5. The van der Waals surface area contributed by atoms with E-state index in [1.165, 1.54) is 18.2 Å². The first-order valence-electron chi connectivity index (χ1n) is 21.4. The number of anilines is 3. The molecular formula is C45H44F3N9O7S. The maximum Gasteiger partial charge on any atom is 0.301 e. The normalized spacial score (nSPS) is 20.9. The largest absolute Gasteiger partial charge is 0.496 e. The quantitative estimate of drug-likeness (QED) is 0.128. The summed E-state index contributed by atoms with van der Waals surface area (Å²) in [6.07, 6.45) is 2.06. The van der Waals surface area contributed by atoms with Gasteiger partial charge < -0.3 is 24.4 Å². The highest BCUT2D eigenvalue weighted by Gasteiger charge is 2.42. The number of halogens is 3. The number of methoxy groups -OCH3 is 1. The van der Waals surface area contributed by atoms with Crippen LogP contribution in [-0.2, 0) is 26.3 Å². The van der Waals surface area contributed by atoms with E-state index in [-0.39, 0.29) is 43.3 Å². The highest BCUT2D eigenvalue weighted by molar-refractivity contribution is 7.90. The van der Waals surface area contributed by atoms with Crippen LogP contribution in [0.5, 0.6) is 5.75 Å².